The maximum Gasteiger partial charge on any atom is 0.255 e. The van der Waals surface area contributed by atoms with Gasteiger partial charge in [0, 0.05) is 18.7 Å². The summed E-state index contributed by atoms with van der Waals surface area (Å²) < 4.78 is 5.21. The minimum Gasteiger partial charge on any atom is -0.497 e. The minimum absolute atomic E-state index is 0.121. The van der Waals surface area contributed by atoms with Crippen LogP contribution in [0.5, 0.6) is 5.75 Å². The second-order valence-corrected chi connectivity index (χ2v) is 7.30. The Morgan fingerprint density at radius 3 is 2.37 bits per heavy atom. The number of rotatable bonds is 7. The molecule has 0 fully saturated rings. The molecule has 1 heterocycles. The Bertz CT molecular complexity index is 1030. The van der Waals surface area contributed by atoms with Gasteiger partial charge in [-0.15, -0.1) is 0 Å². The highest BCUT2D eigenvalue weighted by atomic mass is 16.5. The number of benzene rings is 3. The van der Waals surface area contributed by atoms with Crippen LogP contribution in [0.3, 0.4) is 0 Å². The molecule has 0 bridgehead atoms. The highest BCUT2D eigenvalue weighted by molar-refractivity contribution is 6.04. The smallest absolute Gasteiger partial charge is 0.255 e. The molecule has 0 aliphatic carbocycles. The summed E-state index contributed by atoms with van der Waals surface area (Å²) >= 11 is 0. The van der Waals surface area contributed by atoms with Crippen molar-refractivity contribution >= 4 is 11.8 Å². The molecule has 4 rings (SSSR count). The largest absolute Gasteiger partial charge is 0.497 e. The lowest BCUT2D eigenvalue weighted by molar-refractivity contribution is -0.125. The van der Waals surface area contributed by atoms with E-state index in [4.69, 9.17) is 4.74 Å². The topological polar surface area (TPSA) is 58.6 Å². The molecule has 1 aliphatic rings. The molecule has 1 atom stereocenters. The SMILES string of the molecule is COc1ccc(CN2C(=O)c3ccccc3C2C(=O)NCCc2ccccc2)cc1. The number of carbonyl (C=O) groups is 2. The van der Waals surface area contributed by atoms with E-state index >= 15 is 0 Å². The number of ether oxygens (including phenoxy) is 1. The third-order valence-electron chi connectivity index (χ3n) is 5.37. The van der Waals surface area contributed by atoms with Crippen LogP contribution in [0.25, 0.3) is 0 Å². The molecule has 1 aliphatic heterocycles. The minimum atomic E-state index is -0.633. The number of nitrogens with zero attached hydrogens (tertiary/aromatic N) is 1. The second kappa shape index (κ2) is 8.82. The fourth-order valence-corrected chi connectivity index (χ4v) is 3.81. The van der Waals surface area contributed by atoms with Gasteiger partial charge in [0.15, 0.2) is 0 Å². The molecule has 0 saturated heterocycles. The molecule has 3 aromatic carbocycles. The summed E-state index contributed by atoms with van der Waals surface area (Å²) in [5.74, 6) is 0.479. The van der Waals surface area contributed by atoms with Gasteiger partial charge in [0.1, 0.15) is 11.8 Å². The van der Waals surface area contributed by atoms with Crippen LogP contribution in [0.4, 0.5) is 0 Å². The molecule has 30 heavy (non-hydrogen) atoms. The van der Waals surface area contributed by atoms with Crippen molar-refractivity contribution in [3.63, 3.8) is 0 Å². The lowest BCUT2D eigenvalue weighted by Gasteiger charge is -2.25. The van der Waals surface area contributed by atoms with Crippen molar-refractivity contribution in [2.75, 3.05) is 13.7 Å². The zero-order chi connectivity index (χ0) is 20.9. The Hall–Kier alpha value is -3.60. The molecule has 0 aromatic heterocycles. The Kier molecular flexibility index (Phi) is 5.80. The fourth-order valence-electron chi connectivity index (χ4n) is 3.81. The lowest BCUT2D eigenvalue weighted by Crippen LogP contribution is -2.39. The summed E-state index contributed by atoms with van der Waals surface area (Å²) in [4.78, 5) is 27.8. The van der Waals surface area contributed by atoms with E-state index in [0.717, 1.165) is 28.9 Å². The van der Waals surface area contributed by atoms with Crippen LogP contribution in [0.2, 0.25) is 0 Å². The molecule has 1 unspecified atom stereocenters. The van der Waals surface area contributed by atoms with Crippen molar-refractivity contribution in [3.05, 3.63) is 101 Å². The van der Waals surface area contributed by atoms with Crippen molar-refractivity contribution in [2.24, 2.45) is 0 Å². The molecule has 5 heteroatoms. The maximum absolute atomic E-state index is 13.1. The van der Waals surface area contributed by atoms with Gasteiger partial charge in [-0.25, -0.2) is 0 Å². The summed E-state index contributed by atoms with van der Waals surface area (Å²) in [5.41, 5.74) is 3.46. The highest BCUT2D eigenvalue weighted by Gasteiger charge is 2.40. The Balaban J connectivity index is 1.52. The van der Waals surface area contributed by atoms with Crippen molar-refractivity contribution in [3.8, 4) is 5.75 Å². The predicted molar refractivity (Wildman–Crippen MR) is 115 cm³/mol. The number of nitrogens with one attached hydrogen (secondary N) is 1. The van der Waals surface area contributed by atoms with E-state index in [1.807, 2.05) is 72.8 Å². The normalized spacial score (nSPS) is 15.0. The van der Waals surface area contributed by atoms with Crippen LogP contribution >= 0.6 is 0 Å². The number of methoxy groups -OCH3 is 1. The quantitative estimate of drug-likeness (QED) is 0.657. The average Bonchev–Trinajstić information content (AvgIpc) is 3.07. The standard InChI is InChI=1S/C25H24N2O3/c1-30-20-13-11-19(12-14-20)17-27-23(21-9-5-6-10-22(21)25(27)29)24(28)26-16-15-18-7-3-2-4-8-18/h2-14,23H,15-17H2,1H3,(H,26,28). The molecule has 0 spiro atoms. The summed E-state index contributed by atoms with van der Waals surface area (Å²) in [6, 6.07) is 24.3. The van der Waals surface area contributed by atoms with Crippen LogP contribution in [0.1, 0.15) is 33.1 Å². The molecule has 1 N–H and O–H groups in total. The van der Waals surface area contributed by atoms with E-state index in [1.54, 1.807) is 18.1 Å². The van der Waals surface area contributed by atoms with E-state index in [2.05, 4.69) is 5.32 Å². The summed E-state index contributed by atoms with van der Waals surface area (Å²) in [6.45, 7) is 0.875. The van der Waals surface area contributed by atoms with Crippen LogP contribution in [-0.4, -0.2) is 30.4 Å². The van der Waals surface area contributed by atoms with Gasteiger partial charge < -0.3 is 15.0 Å². The third-order valence-corrected chi connectivity index (χ3v) is 5.37. The first-order valence-electron chi connectivity index (χ1n) is 10.0. The van der Waals surface area contributed by atoms with Gasteiger partial charge >= 0.3 is 0 Å². The van der Waals surface area contributed by atoms with E-state index in [0.29, 0.717) is 18.7 Å². The molecule has 2 amide bonds. The van der Waals surface area contributed by atoms with E-state index in [9.17, 15) is 9.59 Å². The first kappa shape index (κ1) is 19.7. The summed E-state index contributed by atoms with van der Waals surface area (Å²) in [5, 5.41) is 3.02. The van der Waals surface area contributed by atoms with E-state index < -0.39 is 6.04 Å². The maximum atomic E-state index is 13.1. The van der Waals surface area contributed by atoms with Gasteiger partial charge in [0.25, 0.3) is 5.91 Å². The van der Waals surface area contributed by atoms with Crippen molar-refractivity contribution in [1.82, 2.24) is 10.2 Å². The molecular formula is C25H24N2O3. The highest BCUT2D eigenvalue weighted by Crippen LogP contribution is 2.35. The molecule has 152 valence electrons. The number of amides is 2. The number of fused-ring (bicyclic) bond motifs is 1. The second-order valence-electron chi connectivity index (χ2n) is 7.30. The van der Waals surface area contributed by atoms with Gasteiger partial charge in [-0.2, -0.15) is 0 Å². The van der Waals surface area contributed by atoms with Crippen molar-refractivity contribution in [2.45, 2.75) is 19.0 Å². The molecular weight excluding hydrogens is 376 g/mol. The summed E-state index contributed by atoms with van der Waals surface area (Å²) in [7, 11) is 1.62. The monoisotopic (exact) mass is 400 g/mol. The van der Waals surface area contributed by atoms with Gasteiger partial charge in [0.2, 0.25) is 5.91 Å². The van der Waals surface area contributed by atoms with Gasteiger partial charge in [-0.1, -0.05) is 60.7 Å². The van der Waals surface area contributed by atoms with Crippen molar-refractivity contribution < 1.29 is 14.3 Å². The average molecular weight is 400 g/mol. The van der Waals surface area contributed by atoms with Gasteiger partial charge in [-0.05, 0) is 41.3 Å². The summed E-state index contributed by atoms with van der Waals surface area (Å²) in [6.07, 6.45) is 0.743. The number of hydrogen-bond donors (Lipinski definition) is 1. The van der Waals surface area contributed by atoms with Crippen LogP contribution in [0, 0.1) is 0 Å². The van der Waals surface area contributed by atoms with Gasteiger partial charge in [-0.3, -0.25) is 9.59 Å². The van der Waals surface area contributed by atoms with Crippen LogP contribution < -0.4 is 10.1 Å². The number of hydrogen-bond acceptors (Lipinski definition) is 3. The molecule has 5 nitrogen and oxygen atoms in total. The van der Waals surface area contributed by atoms with Crippen LogP contribution in [-0.2, 0) is 17.8 Å². The Morgan fingerprint density at radius 1 is 0.933 bits per heavy atom. The van der Waals surface area contributed by atoms with Crippen LogP contribution in [0.15, 0.2) is 78.9 Å². The van der Waals surface area contributed by atoms with Gasteiger partial charge in [0.05, 0.1) is 7.11 Å². The first-order chi connectivity index (χ1) is 14.7. The fraction of sp³-hybridized carbons (Fsp3) is 0.200. The Labute approximate surface area is 176 Å². The first-order valence-corrected chi connectivity index (χ1v) is 10.0. The van der Waals surface area contributed by atoms with E-state index in [-0.39, 0.29) is 11.8 Å². The molecule has 0 radical (unpaired) electrons. The van der Waals surface area contributed by atoms with E-state index in [1.165, 1.54) is 0 Å². The lowest BCUT2D eigenvalue weighted by atomic mass is 10.0. The third kappa shape index (κ3) is 4.06. The Morgan fingerprint density at radius 2 is 1.63 bits per heavy atom. The zero-order valence-electron chi connectivity index (χ0n) is 16.9. The molecule has 0 saturated carbocycles. The number of carbonyl (C=O) groups excluding carboxylic acids is 2. The molecule has 3 aromatic rings. The van der Waals surface area contributed by atoms with Crippen molar-refractivity contribution in [1.29, 1.82) is 0 Å². The predicted octanol–water partition coefficient (Wildman–Crippen LogP) is 3.75. The zero-order valence-corrected chi connectivity index (χ0v) is 16.9.